The molecule has 0 saturated carbocycles. The number of benzene rings is 4. The van der Waals surface area contributed by atoms with E-state index < -0.39 is 0 Å². The van der Waals surface area contributed by atoms with E-state index >= 15 is 0 Å². The average molecular weight is 487 g/mol. The molecule has 0 radical (unpaired) electrons. The molecule has 1 aliphatic carbocycles. The van der Waals surface area contributed by atoms with Gasteiger partial charge in [0, 0.05) is 0 Å². The first-order valence-corrected chi connectivity index (χ1v) is 12.2. The van der Waals surface area contributed by atoms with Crippen molar-refractivity contribution < 1.29 is 24.2 Å². The van der Waals surface area contributed by atoms with Gasteiger partial charge in [0.15, 0.2) is 0 Å². The van der Waals surface area contributed by atoms with Gasteiger partial charge in [0.2, 0.25) is 0 Å². The van der Waals surface area contributed by atoms with Gasteiger partial charge in [0.25, 0.3) is 0 Å². The number of fused-ring (bicyclic) bond motifs is 3. The van der Waals surface area contributed by atoms with Gasteiger partial charge in [-0.3, -0.25) is 0 Å². The third-order valence-electron chi connectivity index (χ3n) is 5.92. The van der Waals surface area contributed by atoms with Gasteiger partial charge < -0.3 is 0 Å². The van der Waals surface area contributed by atoms with Crippen LogP contribution in [0, 0.1) is 0 Å². The van der Waals surface area contributed by atoms with Gasteiger partial charge in [-0.2, -0.15) is 0 Å². The zero-order valence-corrected chi connectivity index (χ0v) is 20.2. The summed E-state index contributed by atoms with van der Waals surface area (Å²) in [5.41, 5.74) is 4.07. The van der Waals surface area contributed by atoms with Crippen molar-refractivity contribution in [1.29, 1.82) is 0 Å². The third kappa shape index (κ3) is 4.31. The summed E-state index contributed by atoms with van der Waals surface area (Å²) in [4.78, 5) is 0. The van der Waals surface area contributed by atoms with E-state index in [1.807, 2.05) is 0 Å². The van der Waals surface area contributed by atoms with E-state index in [-0.39, 0.29) is 0 Å². The molecular formula is C31H23Zr-. The summed E-state index contributed by atoms with van der Waals surface area (Å²) in [6.45, 7) is 0. The summed E-state index contributed by atoms with van der Waals surface area (Å²) >= 11 is 1.46. The molecule has 0 aromatic heterocycles. The standard InChI is InChI=1S/C18H13.C13H10.Zr/c1-2-7-13(6-1)15-10-5-11-17-16-9-4-3-8-14(16)12-18(15)17;1-3-7-12(8-4-1)11-13-9-5-2-6-10-13;/h1-13H;1-10H;/q-1;;. The van der Waals surface area contributed by atoms with Crippen molar-refractivity contribution in [2.24, 2.45) is 0 Å². The number of rotatable bonds is 3. The molecule has 6 rings (SSSR count). The molecule has 5 aromatic rings. The Bertz CT molecular complexity index is 1370. The van der Waals surface area contributed by atoms with Gasteiger partial charge in [-0.1, -0.05) is 66.3 Å². The molecule has 0 nitrogen and oxygen atoms in total. The molecule has 0 fully saturated rings. The maximum absolute atomic E-state index is 2.32. The summed E-state index contributed by atoms with van der Waals surface area (Å²) in [7, 11) is 0. The summed E-state index contributed by atoms with van der Waals surface area (Å²) in [5.74, 6) is 0.436. The molecule has 0 amide bonds. The molecule has 0 heterocycles. The number of hydrogen-bond donors (Lipinski definition) is 0. The van der Waals surface area contributed by atoms with E-state index in [1.165, 1.54) is 65.7 Å². The number of hydrogen-bond acceptors (Lipinski definition) is 0. The summed E-state index contributed by atoms with van der Waals surface area (Å²) in [5, 5.41) is 5.46. The molecule has 0 bridgehead atoms. The van der Waals surface area contributed by atoms with E-state index in [4.69, 9.17) is 0 Å². The van der Waals surface area contributed by atoms with Gasteiger partial charge in [0.05, 0.1) is 0 Å². The predicted octanol–water partition coefficient (Wildman–Crippen LogP) is 7.72. The fourth-order valence-corrected chi connectivity index (χ4v) is 5.13. The molecular weight excluding hydrogens is 464 g/mol. The zero-order chi connectivity index (χ0) is 21.8. The van der Waals surface area contributed by atoms with Crippen LogP contribution < -0.4 is 0 Å². The Morgan fingerprint density at radius 2 is 1.16 bits per heavy atom. The molecule has 152 valence electrons. The molecule has 0 aliphatic heterocycles. The Balaban J connectivity index is 0.000000140. The fourth-order valence-electron chi connectivity index (χ4n) is 4.31. The monoisotopic (exact) mass is 485 g/mol. The van der Waals surface area contributed by atoms with Gasteiger partial charge in [-0.25, -0.2) is 0 Å². The Morgan fingerprint density at radius 1 is 0.594 bits per heavy atom. The quantitative estimate of drug-likeness (QED) is 0.229. The molecule has 32 heavy (non-hydrogen) atoms. The second-order valence-corrected chi connectivity index (χ2v) is 9.17. The van der Waals surface area contributed by atoms with Gasteiger partial charge >= 0.3 is 99.2 Å². The van der Waals surface area contributed by atoms with Gasteiger partial charge in [-0.15, -0.1) is 33.7 Å². The van der Waals surface area contributed by atoms with Crippen LogP contribution in [0.4, 0.5) is 0 Å². The van der Waals surface area contributed by atoms with Crippen molar-refractivity contribution in [1.82, 2.24) is 0 Å². The van der Waals surface area contributed by atoms with Crippen molar-refractivity contribution in [3.05, 3.63) is 150 Å². The molecule has 0 saturated heterocycles. The Hall–Kier alpha value is -3.02. The van der Waals surface area contributed by atoms with Crippen molar-refractivity contribution >= 4 is 24.8 Å². The van der Waals surface area contributed by atoms with Crippen LogP contribution in [0.3, 0.4) is 0 Å². The molecule has 0 spiro atoms. The van der Waals surface area contributed by atoms with Crippen LogP contribution in [0.25, 0.3) is 21.5 Å². The molecule has 0 N–H and O–H groups in total. The third-order valence-corrected chi connectivity index (χ3v) is 7.34. The summed E-state index contributed by atoms with van der Waals surface area (Å²) in [6, 6.07) is 38.7. The first kappa shape index (κ1) is 20.9. The van der Waals surface area contributed by atoms with E-state index in [1.54, 1.807) is 0 Å². The van der Waals surface area contributed by atoms with Crippen molar-refractivity contribution in [2.75, 3.05) is 0 Å². The van der Waals surface area contributed by atoms with Crippen LogP contribution in [0.2, 0.25) is 0 Å². The summed E-state index contributed by atoms with van der Waals surface area (Å²) in [6.07, 6.45) is 8.77. The summed E-state index contributed by atoms with van der Waals surface area (Å²) < 4.78 is 1.42. The van der Waals surface area contributed by atoms with Crippen LogP contribution in [-0.4, -0.2) is 3.21 Å². The Labute approximate surface area is 204 Å². The zero-order valence-electron chi connectivity index (χ0n) is 17.8. The molecule has 5 aromatic carbocycles. The molecule has 1 aliphatic rings. The normalized spacial score (nSPS) is 12.7. The minimum absolute atomic E-state index is 0.436. The van der Waals surface area contributed by atoms with Gasteiger partial charge in [-0.05, 0) is 5.92 Å². The average Bonchev–Trinajstić information content (AvgIpc) is 3.53. The van der Waals surface area contributed by atoms with E-state index in [9.17, 15) is 0 Å². The van der Waals surface area contributed by atoms with Crippen LogP contribution in [0.15, 0.2) is 133 Å². The van der Waals surface area contributed by atoms with Crippen molar-refractivity contribution in [3.8, 4) is 0 Å². The molecule has 1 heteroatoms. The van der Waals surface area contributed by atoms with Crippen LogP contribution in [-0.2, 0) is 24.2 Å². The van der Waals surface area contributed by atoms with Crippen LogP contribution >= 0.6 is 0 Å². The first-order valence-electron chi connectivity index (χ1n) is 10.9. The van der Waals surface area contributed by atoms with E-state index in [0.717, 1.165) is 0 Å². The van der Waals surface area contributed by atoms with Crippen molar-refractivity contribution in [2.45, 2.75) is 5.92 Å². The number of allylic oxidation sites excluding steroid dienone is 4. The maximum atomic E-state index is 2.32. The minimum atomic E-state index is 0.436. The fraction of sp³-hybridized carbons (Fsp3) is 0.0323. The van der Waals surface area contributed by atoms with Gasteiger partial charge in [0.1, 0.15) is 0 Å². The van der Waals surface area contributed by atoms with E-state index in [2.05, 4.69) is 133 Å². The predicted molar refractivity (Wildman–Crippen MR) is 134 cm³/mol. The molecule has 0 unspecified atom stereocenters. The SMILES string of the molecule is C1=CC(c2cccc3c2[cH-]c2ccccc23)C=C1.[Zr]=[C](c1ccccc1)c1ccccc1. The Morgan fingerprint density at radius 3 is 1.81 bits per heavy atom. The topological polar surface area (TPSA) is 0 Å². The van der Waals surface area contributed by atoms with E-state index in [0.29, 0.717) is 5.92 Å². The Kier molecular flexibility index (Phi) is 6.28. The second-order valence-electron chi connectivity index (χ2n) is 7.94. The first-order chi connectivity index (χ1) is 15.8. The molecule has 0 atom stereocenters. The van der Waals surface area contributed by atoms with Crippen LogP contribution in [0.1, 0.15) is 22.6 Å². The second kappa shape index (κ2) is 9.64. The van der Waals surface area contributed by atoms with Crippen molar-refractivity contribution in [3.63, 3.8) is 0 Å². The van der Waals surface area contributed by atoms with Crippen LogP contribution in [0.5, 0.6) is 0 Å².